The lowest BCUT2D eigenvalue weighted by Crippen LogP contribution is -2.55. The van der Waals surface area contributed by atoms with Crippen LogP contribution in [0, 0.1) is 23.7 Å². The van der Waals surface area contributed by atoms with Crippen LogP contribution in [0.25, 0.3) is 0 Å². The number of carbonyl (C=O) groups excluding carboxylic acids is 1. The van der Waals surface area contributed by atoms with Gasteiger partial charge in [-0.2, -0.15) is 0 Å². The van der Waals surface area contributed by atoms with Crippen molar-refractivity contribution in [3.63, 3.8) is 0 Å². The molecular weight excluding hydrogens is 236 g/mol. The fraction of sp³-hybridized carbons (Fsp3) is 0.938. The molecule has 1 aliphatic carbocycles. The van der Waals surface area contributed by atoms with Crippen LogP contribution in [0.1, 0.15) is 53.4 Å². The van der Waals surface area contributed by atoms with E-state index in [2.05, 4.69) is 32.6 Å². The van der Waals surface area contributed by atoms with E-state index in [-0.39, 0.29) is 12.0 Å². The van der Waals surface area contributed by atoms with Gasteiger partial charge < -0.3 is 10.6 Å². The summed E-state index contributed by atoms with van der Waals surface area (Å²) in [5, 5.41) is 0. The number of rotatable bonds is 1. The van der Waals surface area contributed by atoms with Crippen LogP contribution in [0.15, 0.2) is 0 Å². The van der Waals surface area contributed by atoms with E-state index in [1.54, 1.807) is 0 Å². The highest BCUT2D eigenvalue weighted by atomic mass is 16.2. The molecule has 1 saturated heterocycles. The normalized spacial score (nSPS) is 44.2. The van der Waals surface area contributed by atoms with Crippen LogP contribution in [0.4, 0.5) is 0 Å². The maximum atomic E-state index is 12.9. The zero-order valence-electron chi connectivity index (χ0n) is 12.9. The van der Waals surface area contributed by atoms with E-state index in [9.17, 15) is 4.79 Å². The topological polar surface area (TPSA) is 46.3 Å². The van der Waals surface area contributed by atoms with Crippen molar-refractivity contribution in [2.45, 2.75) is 65.5 Å². The molecule has 0 bridgehead atoms. The second-order valence-corrected chi connectivity index (χ2v) is 7.14. The summed E-state index contributed by atoms with van der Waals surface area (Å²) >= 11 is 0. The first-order valence-electron chi connectivity index (χ1n) is 7.97. The molecule has 2 rings (SSSR count). The Hall–Kier alpha value is -0.570. The van der Waals surface area contributed by atoms with Gasteiger partial charge >= 0.3 is 0 Å². The summed E-state index contributed by atoms with van der Waals surface area (Å²) in [6, 6.07) is 0.425. The van der Waals surface area contributed by atoms with Crippen molar-refractivity contribution in [2.75, 3.05) is 6.54 Å². The zero-order valence-corrected chi connectivity index (χ0v) is 12.9. The Morgan fingerprint density at radius 1 is 1.11 bits per heavy atom. The van der Waals surface area contributed by atoms with Crippen molar-refractivity contribution < 1.29 is 4.79 Å². The fourth-order valence-electron chi connectivity index (χ4n) is 3.95. The lowest BCUT2D eigenvalue weighted by molar-refractivity contribution is -0.143. The molecule has 110 valence electrons. The molecule has 0 aromatic heterocycles. The molecule has 0 aromatic rings. The zero-order chi connectivity index (χ0) is 14.2. The van der Waals surface area contributed by atoms with Crippen LogP contribution in [-0.4, -0.2) is 29.4 Å². The third-order valence-corrected chi connectivity index (χ3v) is 5.49. The Morgan fingerprint density at radius 2 is 1.79 bits per heavy atom. The van der Waals surface area contributed by atoms with Crippen LogP contribution in [0.3, 0.4) is 0 Å². The number of nitrogens with two attached hydrogens (primary N) is 1. The average molecular weight is 266 g/mol. The van der Waals surface area contributed by atoms with Gasteiger partial charge in [0.1, 0.15) is 0 Å². The van der Waals surface area contributed by atoms with Gasteiger partial charge in [0.25, 0.3) is 0 Å². The maximum Gasteiger partial charge on any atom is 0.227 e. The molecule has 6 atom stereocenters. The van der Waals surface area contributed by atoms with E-state index >= 15 is 0 Å². The Morgan fingerprint density at radius 3 is 2.47 bits per heavy atom. The monoisotopic (exact) mass is 266 g/mol. The number of likely N-dealkylation sites (tertiary alicyclic amines) is 1. The molecule has 1 heterocycles. The van der Waals surface area contributed by atoms with Gasteiger partial charge in [-0.1, -0.05) is 27.2 Å². The first kappa shape index (κ1) is 14.8. The standard InChI is InChI=1S/C16H30N2O/c1-10-8-12(3)13(4)18(9-10)16(19)14-7-5-6-11(2)15(14)17/h10-15H,5-9,17H2,1-4H3. The molecule has 3 nitrogen and oxygen atoms in total. The van der Waals surface area contributed by atoms with Crippen LogP contribution in [-0.2, 0) is 4.79 Å². The smallest absolute Gasteiger partial charge is 0.227 e. The number of carbonyl (C=O) groups is 1. The molecular formula is C16H30N2O. The summed E-state index contributed by atoms with van der Waals surface area (Å²) in [4.78, 5) is 15.0. The maximum absolute atomic E-state index is 12.9. The second kappa shape index (κ2) is 5.82. The molecule has 6 unspecified atom stereocenters. The summed E-state index contributed by atoms with van der Waals surface area (Å²) in [6.07, 6.45) is 4.54. The molecule has 1 aliphatic heterocycles. The van der Waals surface area contributed by atoms with Crippen LogP contribution < -0.4 is 5.73 Å². The van der Waals surface area contributed by atoms with Gasteiger partial charge in [0.2, 0.25) is 5.91 Å². The number of hydrogen-bond donors (Lipinski definition) is 1. The third kappa shape index (κ3) is 2.96. The average Bonchev–Trinajstić information content (AvgIpc) is 2.36. The molecule has 2 aliphatic rings. The molecule has 0 spiro atoms. The molecule has 2 N–H and O–H groups in total. The van der Waals surface area contributed by atoms with Crippen molar-refractivity contribution in [3.05, 3.63) is 0 Å². The predicted molar refractivity (Wildman–Crippen MR) is 78.6 cm³/mol. The van der Waals surface area contributed by atoms with Crippen molar-refractivity contribution in [1.29, 1.82) is 0 Å². The van der Waals surface area contributed by atoms with Gasteiger partial charge in [-0.05, 0) is 43.9 Å². The van der Waals surface area contributed by atoms with Crippen molar-refractivity contribution in [1.82, 2.24) is 4.90 Å². The molecule has 2 fully saturated rings. The first-order valence-corrected chi connectivity index (χ1v) is 7.97. The van der Waals surface area contributed by atoms with Gasteiger partial charge in [0.15, 0.2) is 0 Å². The van der Waals surface area contributed by atoms with Crippen LogP contribution in [0.2, 0.25) is 0 Å². The third-order valence-electron chi connectivity index (χ3n) is 5.49. The molecule has 0 radical (unpaired) electrons. The number of nitrogens with zero attached hydrogens (tertiary/aromatic N) is 1. The van der Waals surface area contributed by atoms with E-state index in [1.807, 2.05) is 0 Å². The second-order valence-electron chi connectivity index (χ2n) is 7.14. The summed E-state index contributed by atoms with van der Waals surface area (Å²) in [5.41, 5.74) is 6.30. The number of piperidine rings is 1. The Bertz CT molecular complexity index is 331. The summed E-state index contributed by atoms with van der Waals surface area (Å²) < 4.78 is 0. The SMILES string of the molecule is CC1CC(C)C(C)N(C(=O)C2CCCC(C)C2N)C1. The highest BCUT2D eigenvalue weighted by Gasteiger charge is 2.39. The molecule has 19 heavy (non-hydrogen) atoms. The van der Waals surface area contributed by atoms with E-state index in [1.165, 1.54) is 12.8 Å². The van der Waals surface area contributed by atoms with E-state index in [4.69, 9.17) is 5.73 Å². The lowest BCUT2D eigenvalue weighted by atomic mass is 9.76. The van der Waals surface area contributed by atoms with Crippen molar-refractivity contribution in [3.8, 4) is 0 Å². The number of hydrogen-bond acceptors (Lipinski definition) is 2. The van der Waals surface area contributed by atoms with Gasteiger partial charge in [-0.25, -0.2) is 0 Å². The van der Waals surface area contributed by atoms with E-state index in [0.717, 1.165) is 19.4 Å². The van der Waals surface area contributed by atoms with Crippen LogP contribution in [0.5, 0.6) is 0 Å². The minimum absolute atomic E-state index is 0.0565. The van der Waals surface area contributed by atoms with Gasteiger partial charge in [-0.15, -0.1) is 0 Å². The summed E-state index contributed by atoms with van der Waals surface area (Å²) in [6.45, 7) is 9.83. The summed E-state index contributed by atoms with van der Waals surface area (Å²) in [7, 11) is 0. The Kier molecular flexibility index (Phi) is 4.54. The molecule has 0 aromatic carbocycles. The van der Waals surface area contributed by atoms with Gasteiger partial charge in [0, 0.05) is 18.6 Å². The Labute approximate surface area is 117 Å². The predicted octanol–water partition coefficient (Wildman–Crippen LogP) is 2.64. The minimum Gasteiger partial charge on any atom is -0.339 e. The van der Waals surface area contributed by atoms with Gasteiger partial charge in [-0.3, -0.25) is 4.79 Å². The van der Waals surface area contributed by atoms with Crippen LogP contribution >= 0.6 is 0 Å². The molecule has 3 heteroatoms. The number of amides is 1. The highest BCUT2D eigenvalue weighted by molar-refractivity contribution is 5.80. The quantitative estimate of drug-likeness (QED) is 0.793. The molecule has 1 saturated carbocycles. The van der Waals surface area contributed by atoms with E-state index < -0.39 is 0 Å². The minimum atomic E-state index is 0.0565. The van der Waals surface area contributed by atoms with Crippen molar-refractivity contribution in [2.24, 2.45) is 29.4 Å². The summed E-state index contributed by atoms with van der Waals surface area (Å²) in [5.74, 6) is 2.09. The van der Waals surface area contributed by atoms with E-state index in [0.29, 0.717) is 29.7 Å². The fourth-order valence-corrected chi connectivity index (χ4v) is 3.95. The Balaban J connectivity index is 2.09. The first-order chi connectivity index (χ1) is 8.91. The lowest BCUT2D eigenvalue weighted by Gasteiger charge is -2.44. The van der Waals surface area contributed by atoms with Crippen molar-refractivity contribution >= 4 is 5.91 Å². The highest BCUT2D eigenvalue weighted by Crippen LogP contribution is 2.33. The van der Waals surface area contributed by atoms with Gasteiger partial charge in [0.05, 0.1) is 5.92 Å². The largest absolute Gasteiger partial charge is 0.339 e. The molecule has 1 amide bonds.